The van der Waals surface area contributed by atoms with E-state index >= 15 is 0 Å². The maximum absolute atomic E-state index is 9.82. The molecule has 0 bridgehead atoms. The molecule has 1 aromatic rings. The molecule has 0 saturated heterocycles. The van der Waals surface area contributed by atoms with E-state index in [1.165, 1.54) is 5.56 Å². The summed E-state index contributed by atoms with van der Waals surface area (Å²) in [5.41, 5.74) is 2.11. The van der Waals surface area contributed by atoms with Crippen LogP contribution in [0.4, 0.5) is 0 Å². The van der Waals surface area contributed by atoms with E-state index in [-0.39, 0.29) is 0 Å². The quantitative estimate of drug-likeness (QED) is 0.882. The molecule has 2 rings (SSSR count). The highest BCUT2D eigenvalue weighted by Gasteiger charge is 2.20. The third-order valence-corrected chi connectivity index (χ3v) is 2.98. The molecule has 1 N–H and O–H groups in total. The first-order valence-electron chi connectivity index (χ1n) is 4.85. The molecule has 1 aliphatic rings. The Morgan fingerprint density at radius 3 is 3.07 bits per heavy atom. The smallest absolute Gasteiger partial charge is 0.128 e. The van der Waals surface area contributed by atoms with Gasteiger partial charge < -0.3 is 9.84 Å². The van der Waals surface area contributed by atoms with Crippen LogP contribution in [0.1, 0.15) is 30.6 Å². The zero-order valence-corrected chi connectivity index (χ0v) is 9.67. The molecule has 0 saturated carbocycles. The summed E-state index contributed by atoms with van der Waals surface area (Å²) in [4.78, 5) is 0. The molecule has 1 aliphatic heterocycles. The number of fused-ring (bicyclic) bond motifs is 1. The van der Waals surface area contributed by atoms with Crippen molar-refractivity contribution in [2.75, 3.05) is 6.61 Å². The Kier molecular flexibility index (Phi) is 2.79. The van der Waals surface area contributed by atoms with E-state index < -0.39 is 6.10 Å². The summed E-state index contributed by atoms with van der Waals surface area (Å²) in [5, 5.41) is 9.82. The predicted octanol–water partition coefficient (Wildman–Crippen LogP) is 2.83. The molecule has 14 heavy (non-hydrogen) atoms. The molecular weight excluding hydrogens is 244 g/mol. The van der Waals surface area contributed by atoms with E-state index in [0.717, 1.165) is 28.8 Å². The third kappa shape index (κ3) is 1.66. The lowest BCUT2D eigenvalue weighted by Crippen LogP contribution is -1.99. The van der Waals surface area contributed by atoms with Gasteiger partial charge in [0.15, 0.2) is 0 Å². The van der Waals surface area contributed by atoms with E-state index in [1.807, 2.05) is 13.0 Å². The van der Waals surface area contributed by atoms with Gasteiger partial charge in [0, 0.05) is 16.5 Å². The minimum atomic E-state index is -0.417. The summed E-state index contributed by atoms with van der Waals surface area (Å²) in [6.45, 7) is 2.70. The number of aliphatic hydroxyl groups is 1. The van der Waals surface area contributed by atoms with Crippen LogP contribution in [0.3, 0.4) is 0 Å². The fraction of sp³-hybridized carbons (Fsp3) is 0.455. The topological polar surface area (TPSA) is 29.5 Å². The lowest BCUT2D eigenvalue weighted by molar-refractivity contribution is 0.169. The first kappa shape index (κ1) is 9.99. The Morgan fingerprint density at radius 2 is 2.36 bits per heavy atom. The zero-order chi connectivity index (χ0) is 10.1. The van der Waals surface area contributed by atoms with Crippen LogP contribution >= 0.6 is 15.9 Å². The molecule has 1 atom stereocenters. The molecule has 1 heterocycles. The standard InChI is InChI=1S/C11H13BrO2/c1-2-10(13)9-6-8(12)5-7-3-4-14-11(7)9/h5-6,10,13H,2-4H2,1H3. The van der Waals surface area contributed by atoms with Crippen molar-refractivity contribution in [1.82, 2.24) is 0 Å². The largest absolute Gasteiger partial charge is 0.493 e. The Bertz CT molecular complexity index is 349. The number of ether oxygens (including phenoxy) is 1. The molecule has 2 nitrogen and oxygen atoms in total. The van der Waals surface area contributed by atoms with E-state index in [2.05, 4.69) is 22.0 Å². The molecule has 0 amide bonds. The molecule has 76 valence electrons. The van der Waals surface area contributed by atoms with Crippen LogP contribution in [0.2, 0.25) is 0 Å². The fourth-order valence-electron chi connectivity index (χ4n) is 1.77. The molecule has 0 radical (unpaired) electrons. The second kappa shape index (κ2) is 3.91. The maximum Gasteiger partial charge on any atom is 0.128 e. The summed E-state index contributed by atoms with van der Waals surface area (Å²) in [7, 11) is 0. The summed E-state index contributed by atoms with van der Waals surface area (Å²) in [5.74, 6) is 0.891. The summed E-state index contributed by atoms with van der Waals surface area (Å²) < 4.78 is 6.54. The number of halogens is 1. The van der Waals surface area contributed by atoms with Crippen molar-refractivity contribution in [3.8, 4) is 5.75 Å². The normalized spacial score (nSPS) is 16.2. The predicted molar refractivity (Wildman–Crippen MR) is 58.6 cm³/mol. The van der Waals surface area contributed by atoms with Crippen molar-refractivity contribution in [3.05, 3.63) is 27.7 Å². The lowest BCUT2D eigenvalue weighted by atomic mass is 10.0. The molecule has 1 unspecified atom stereocenters. The van der Waals surface area contributed by atoms with Gasteiger partial charge in [0.2, 0.25) is 0 Å². The van der Waals surface area contributed by atoms with Gasteiger partial charge in [-0.25, -0.2) is 0 Å². The minimum absolute atomic E-state index is 0.417. The summed E-state index contributed by atoms with van der Waals surface area (Å²) in [6, 6.07) is 4.01. The van der Waals surface area contributed by atoms with Crippen LogP contribution in [0.15, 0.2) is 16.6 Å². The molecule has 1 aromatic carbocycles. The molecule has 0 fully saturated rings. The van der Waals surface area contributed by atoms with Gasteiger partial charge >= 0.3 is 0 Å². The minimum Gasteiger partial charge on any atom is -0.493 e. The number of rotatable bonds is 2. The fourth-order valence-corrected chi connectivity index (χ4v) is 2.29. The van der Waals surface area contributed by atoms with Crippen LogP contribution in [0.25, 0.3) is 0 Å². The highest BCUT2D eigenvalue weighted by atomic mass is 79.9. The molecule has 3 heteroatoms. The number of aliphatic hydroxyl groups excluding tert-OH is 1. The Labute approximate surface area is 92.0 Å². The molecular formula is C11H13BrO2. The average molecular weight is 257 g/mol. The maximum atomic E-state index is 9.82. The number of benzene rings is 1. The zero-order valence-electron chi connectivity index (χ0n) is 8.09. The van der Waals surface area contributed by atoms with Gasteiger partial charge in [0.25, 0.3) is 0 Å². The Morgan fingerprint density at radius 1 is 1.57 bits per heavy atom. The molecule has 0 aliphatic carbocycles. The van der Waals surface area contributed by atoms with Gasteiger partial charge in [0.05, 0.1) is 12.7 Å². The van der Waals surface area contributed by atoms with Crippen molar-refractivity contribution >= 4 is 15.9 Å². The van der Waals surface area contributed by atoms with Gasteiger partial charge in [-0.3, -0.25) is 0 Å². The van der Waals surface area contributed by atoms with Crippen molar-refractivity contribution in [3.63, 3.8) is 0 Å². The van der Waals surface area contributed by atoms with E-state index in [0.29, 0.717) is 6.42 Å². The van der Waals surface area contributed by atoms with Crippen LogP contribution < -0.4 is 4.74 Å². The monoisotopic (exact) mass is 256 g/mol. The van der Waals surface area contributed by atoms with Gasteiger partial charge in [-0.05, 0) is 24.1 Å². The lowest BCUT2D eigenvalue weighted by Gasteiger charge is -2.13. The van der Waals surface area contributed by atoms with Crippen LogP contribution in [0.5, 0.6) is 5.75 Å². The average Bonchev–Trinajstić information content (AvgIpc) is 2.62. The van der Waals surface area contributed by atoms with E-state index in [1.54, 1.807) is 0 Å². The number of hydrogen-bond donors (Lipinski definition) is 1. The van der Waals surface area contributed by atoms with Crippen molar-refractivity contribution < 1.29 is 9.84 Å². The third-order valence-electron chi connectivity index (χ3n) is 2.52. The van der Waals surface area contributed by atoms with Gasteiger partial charge in [-0.1, -0.05) is 22.9 Å². The van der Waals surface area contributed by atoms with Gasteiger partial charge in [-0.15, -0.1) is 0 Å². The van der Waals surface area contributed by atoms with E-state index in [9.17, 15) is 5.11 Å². The highest BCUT2D eigenvalue weighted by molar-refractivity contribution is 9.10. The summed E-state index contributed by atoms with van der Waals surface area (Å²) >= 11 is 3.45. The van der Waals surface area contributed by atoms with Gasteiger partial charge in [0.1, 0.15) is 5.75 Å². The first-order chi connectivity index (χ1) is 6.72. The second-order valence-electron chi connectivity index (χ2n) is 3.51. The Hall–Kier alpha value is -0.540. The SMILES string of the molecule is CCC(O)c1cc(Br)cc2c1OCC2. The Balaban J connectivity index is 2.48. The van der Waals surface area contributed by atoms with Crippen molar-refractivity contribution in [1.29, 1.82) is 0 Å². The molecule has 0 spiro atoms. The van der Waals surface area contributed by atoms with Crippen molar-refractivity contribution in [2.24, 2.45) is 0 Å². The van der Waals surface area contributed by atoms with Crippen LogP contribution in [-0.2, 0) is 6.42 Å². The first-order valence-corrected chi connectivity index (χ1v) is 5.65. The second-order valence-corrected chi connectivity index (χ2v) is 4.42. The highest BCUT2D eigenvalue weighted by Crippen LogP contribution is 2.37. The van der Waals surface area contributed by atoms with Crippen LogP contribution in [-0.4, -0.2) is 11.7 Å². The van der Waals surface area contributed by atoms with Gasteiger partial charge in [-0.2, -0.15) is 0 Å². The number of hydrogen-bond acceptors (Lipinski definition) is 2. The van der Waals surface area contributed by atoms with Crippen molar-refractivity contribution in [2.45, 2.75) is 25.9 Å². The molecule has 0 aromatic heterocycles. The van der Waals surface area contributed by atoms with Crippen LogP contribution in [0, 0.1) is 0 Å². The summed E-state index contributed by atoms with van der Waals surface area (Å²) in [6.07, 6.45) is 1.24. The van der Waals surface area contributed by atoms with E-state index in [4.69, 9.17) is 4.74 Å².